The smallest absolute Gasteiger partial charge is 0.490 e. The van der Waals surface area contributed by atoms with Crippen LogP contribution >= 0.6 is 34.3 Å². The van der Waals surface area contributed by atoms with Crippen molar-refractivity contribution in [3.63, 3.8) is 0 Å². The fourth-order valence-electron chi connectivity index (χ4n) is 6.28. The van der Waals surface area contributed by atoms with Crippen LogP contribution in [0, 0.1) is 0 Å². The number of likely N-dealkylation sites (tertiary alicyclic amines) is 1. The highest BCUT2D eigenvalue weighted by Gasteiger charge is 2.42. The maximum Gasteiger partial charge on any atom is 0.490 e. The van der Waals surface area contributed by atoms with Gasteiger partial charge in [0.15, 0.2) is 0 Å². The molecule has 2 aromatic carbocycles. The molecule has 0 radical (unpaired) electrons. The number of aromatic nitrogens is 2. The lowest BCUT2D eigenvalue weighted by Crippen LogP contribution is -2.58. The summed E-state index contributed by atoms with van der Waals surface area (Å²) in [7, 11) is 0. The molecule has 4 aromatic rings. The first-order chi connectivity index (χ1) is 28.0. The summed E-state index contributed by atoms with van der Waals surface area (Å²) in [6.45, 7) is 9.33. The molecule has 2 saturated heterocycles. The summed E-state index contributed by atoms with van der Waals surface area (Å²) < 4.78 is 70.4. The topological polar surface area (TPSA) is 206 Å². The van der Waals surface area contributed by atoms with Gasteiger partial charge in [0.1, 0.15) is 17.0 Å². The number of alkyl halides is 6. The van der Waals surface area contributed by atoms with Gasteiger partial charge in [-0.05, 0) is 49.1 Å². The molecule has 0 saturated carbocycles. The van der Waals surface area contributed by atoms with Crippen molar-refractivity contribution >= 4 is 62.3 Å². The van der Waals surface area contributed by atoms with E-state index < -0.39 is 30.4 Å². The number of nitrogens with one attached hydrogen (secondary N) is 2. The maximum atomic E-state index is 13.2. The zero-order valence-corrected chi connectivity index (χ0v) is 34.4. The number of morpholine rings is 1. The summed E-state index contributed by atoms with van der Waals surface area (Å²) >= 11 is 9.16. The minimum atomic E-state index is -5.08. The van der Waals surface area contributed by atoms with E-state index in [1.807, 2.05) is 22.4 Å². The third-order valence-corrected chi connectivity index (χ3v) is 11.8. The summed E-state index contributed by atoms with van der Waals surface area (Å²) in [5.74, 6) is -5.22. The van der Waals surface area contributed by atoms with Crippen molar-refractivity contribution in [1.82, 2.24) is 25.1 Å². The molecule has 6 N–H and O–H groups in total. The number of piperidine rings is 1. The van der Waals surface area contributed by atoms with Crippen molar-refractivity contribution in [3.8, 4) is 5.75 Å². The minimum absolute atomic E-state index is 0.00231. The monoisotopic (exact) mass is 913 g/mol. The molecule has 2 aliphatic rings. The Balaban J connectivity index is 0.000000488. The molecule has 14 nitrogen and oxygen atoms in total. The SMILES string of the molecule is CC(C)c1nc(C(=O)N2CCOC3(CCN(Cc4cc(CCNC[C@H](O)c5ccc(O)c6[nH]c(=O)sc56)ccc4Cl)CC3)C2)cs1.O=C(O)C(F)(F)F.O=C(O)C(F)(F)F. The van der Waals surface area contributed by atoms with Gasteiger partial charge in [0, 0.05) is 54.6 Å². The highest BCUT2D eigenvalue weighted by Crippen LogP contribution is 2.33. The predicted octanol–water partition coefficient (Wildman–Crippen LogP) is 6.17. The summed E-state index contributed by atoms with van der Waals surface area (Å²) in [6, 6.07) is 9.28. The van der Waals surface area contributed by atoms with Gasteiger partial charge < -0.3 is 40.4 Å². The van der Waals surface area contributed by atoms with Gasteiger partial charge in [-0.1, -0.05) is 55.0 Å². The Morgan fingerprint density at radius 3 is 2.25 bits per heavy atom. The Labute approximate surface area is 351 Å². The van der Waals surface area contributed by atoms with Crippen LogP contribution in [0.1, 0.15) is 70.9 Å². The number of carbonyl (C=O) groups excluding carboxylic acids is 1. The predicted molar refractivity (Wildman–Crippen MR) is 210 cm³/mol. The molecule has 0 bridgehead atoms. The van der Waals surface area contributed by atoms with Crippen LogP contribution in [0.2, 0.25) is 5.02 Å². The number of carboxylic acid groups (broad SMARTS) is 2. The van der Waals surface area contributed by atoms with Crippen molar-refractivity contribution in [2.75, 3.05) is 45.9 Å². The number of aromatic hydroxyl groups is 1. The summed E-state index contributed by atoms with van der Waals surface area (Å²) in [6.07, 6.45) is -8.53. The Morgan fingerprint density at radius 1 is 1.03 bits per heavy atom. The van der Waals surface area contributed by atoms with Crippen LogP contribution in [0.5, 0.6) is 5.75 Å². The number of hydrogen-bond acceptors (Lipinski definition) is 12. The van der Waals surface area contributed by atoms with E-state index in [2.05, 4.69) is 40.1 Å². The molecule has 0 aliphatic carbocycles. The number of rotatable bonds is 10. The molecule has 0 unspecified atom stereocenters. The Morgan fingerprint density at radius 2 is 1.67 bits per heavy atom. The normalized spacial score (nSPS) is 16.2. The first-order valence-electron chi connectivity index (χ1n) is 18.2. The number of aliphatic hydroxyl groups is 1. The van der Waals surface area contributed by atoms with Gasteiger partial charge in [-0.15, -0.1) is 11.3 Å². The number of aromatic amines is 1. The molecule has 4 heterocycles. The molecular weight excluding hydrogens is 872 g/mol. The van der Waals surface area contributed by atoms with Crippen molar-refractivity contribution in [3.05, 3.63) is 77.8 Å². The number of aliphatic hydroxyl groups excluding tert-OH is 1. The number of halogens is 7. The van der Waals surface area contributed by atoms with Crippen LogP contribution in [0.25, 0.3) is 10.2 Å². The van der Waals surface area contributed by atoms with E-state index in [4.69, 9.17) is 36.1 Å². The highest BCUT2D eigenvalue weighted by molar-refractivity contribution is 7.16. The van der Waals surface area contributed by atoms with Gasteiger partial charge >= 0.3 is 29.2 Å². The van der Waals surface area contributed by atoms with E-state index in [1.54, 1.807) is 17.4 Å². The lowest BCUT2D eigenvalue weighted by molar-refractivity contribution is -0.193. The van der Waals surface area contributed by atoms with Gasteiger partial charge in [0.05, 0.1) is 34.6 Å². The van der Waals surface area contributed by atoms with E-state index in [0.717, 1.165) is 71.4 Å². The Bertz CT molecular complexity index is 2150. The second kappa shape index (κ2) is 20.5. The van der Waals surface area contributed by atoms with Gasteiger partial charge in [-0.3, -0.25) is 14.5 Å². The molecule has 330 valence electrons. The molecule has 23 heteroatoms. The van der Waals surface area contributed by atoms with Crippen molar-refractivity contribution in [2.24, 2.45) is 0 Å². The number of ether oxygens (including phenoxy) is 1. The number of amides is 1. The van der Waals surface area contributed by atoms with Crippen molar-refractivity contribution in [2.45, 2.75) is 69.6 Å². The number of phenolic OH excluding ortho intramolecular Hbond substituents is 1. The fraction of sp³-hybridized carbons (Fsp3) is 0.486. The van der Waals surface area contributed by atoms with Crippen LogP contribution < -0.4 is 10.2 Å². The van der Waals surface area contributed by atoms with E-state index in [0.29, 0.717) is 60.2 Å². The number of carbonyl (C=O) groups is 3. The molecule has 6 rings (SSSR count). The zero-order chi connectivity index (χ0) is 44.6. The third-order valence-electron chi connectivity index (χ3n) is 9.40. The first kappa shape index (κ1) is 48.3. The number of carboxylic acids is 2. The van der Waals surface area contributed by atoms with Crippen molar-refractivity contribution < 1.29 is 65.9 Å². The van der Waals surface area contributed by atoms with E-state index in [9.17, 15) is 46.1 Å². The fourth-order valence-corrected chi connectivity index (χ4v) is 8.19. The second-order valence-corrected chi connectivity index (χ2v) is 16.4. The molecule has 60 heavy (non-hydrogen) atoms. The number of benzene rings is 2. The standard InChI is InChI=1S/C33H40ClN5O5S2.2C2HF3O2/c1-20(2)30-36-25(18-45-30)31(42)39-13-14-44-33(19-39)8-11-38(12-9-33)17-22-15-21(3-5-24(22)34)7-10-35-16-27(41)23-4-6-26(40)28-29(23)46-32(43)37-28;2*3-2(4,5)1(6)7/h3-6,15,18,20,27,35,40-41H,7-14,16-17,19H2,1-2H3,(H,37,43);2*(H,6,7)/t27-;;/m0../s1. The highest BCUT2D eigenvalue weighted by atomic mass is 35.5. The number of H-pyrrole nitrogens is 1. The van der Waals surface area contributed by atoms with Gasteiger partial charge in [-0.2, -0.15) is 26.3 Å². The van der Waals surface area contributed by atoms with Crippen LogP contribution in [0.4, 0.5) is 26.3 Å². The van der Waals surface area contributed by atoms with E-state index in [1.165, 1.54) is 6.07 Å². The molecule has 1 atom stereocenters. The average molecular weight is 914 g/mol. The summed E-state index contributed by atoms with van der Waals surface area (Å²) in [4.78, 5) is 54.1. The van der Waals surface area contributed by atoms with Crippen LogP contribution in [0.3, 0.4) is 0 Å². The average Bonchev–Trinajstić information content (AvgIpc) is 3.83. The number of hydrogen-bond donors (Lipinski definition) is 6. The number of thiazole rings is 2. The van der Waals surface area contributed by atoms with E-state index >= 15 is 0 Å². The minimum Gasteiger partial charge on any atom is -0.506 e. The quantitative estimate of drug-likeness (QED) is 0.0781. The lowest BCUT2D eigenvalue weighted by atomic mass is 9.89. The van der Waals surface area contributed by atoms with Gasteiger partial charge in [-0.25, -0.2) is 14.6 Å². The lowest BCUT2D eigenvalue weighted by Gasteiger charge is -2.47. The first-order valence-corrected chi connectivity index (χ1v) is 20.3. The molecule has 2 aromatic heterocycles. The Kier molecular flexibility index (Phi) is 16.5. The molecule has 1 spiro atoms. The third kappa shape index (κ3) is 13.3. The Hall–Kier alpha value is -4.32. The van der Waals surface area contributed by atoms with Gasteiger partial charge in [0.2, 0.25) is 0 Å². The summed E-state index contributed by atoms with van der Waals surface area (Å²) in [5, 5.41) is 42.0. The van der Waals surface area contributed by atoms with Crippen molar-refractivity contribution in [1.29, 1.82) is 0 Å². The molecular formula is C37H42ClF6N5O9S2. The van der Waals surface area contributed by atoms with Crippen LogP contribution in [0.15, 0.2) is 40.5 Å². The zero-order valence-electron chi connectivity index (χ0n) is 32.0. The number of nitrogens with zero attached hydrogens (tertiary/aromatic N) is 3. The number of fused-ring (bicyclic) bond motifs is 1. The number of phenols is 1. The van der Waals surface area contributed by atoms with Gasteiger partial charge in [0.25, 0.3) is 5.91 Å². The van der Waals surface area contributed by atoms with E-state index in [-0.39, 0.29) is 22.1 Å². The molecule has 1 amide bonds. The maximum absolute atomic E-state index is 13.2. The molecule has 2 fully saturated rings. The van der Waals surface area contributed by atoms with Crippen LogP contribution in [-0.2, 0) is 27.3 Å². The second-order valence-electron chi connectivity index (χ2n) is 14.2. The molecule has 2 aliphatic heterocycles. The number of aliphatic carboxylic acids is 2. The van der Waals surface area contributed by atoms with Crippen LogP contribution in [-0.4, -0.2) is 122 Å². The largest absolute Gasteiger partial charge is 0.506 e. The summed E-state index contributed by atoms with van der Waals surface area (Å²) in [5.41, 5.74) is 3.42.